The lowest BCUT2D eigenvalue weighted by atomic mass is 9.86. The number of halogens is 1. The van der Waals surface area contributed by atoms with Crippen molar-refractivity contribution in [1.29, 1.82) is 5.26 Å². The van der Waals surface area contributed by atoms with E-state index >= 15 is 0 Å². The molecular formula is C24H23ClN2OS. The van der Waals surface area contributed by atoms with E-state index in [1.807, 2.05) is 18.2 Å². The molecule has 2 unspecified atom stereocenters. The maximum Gasteiger partial charge on any atom is 0.122 e. The second kappa shape index (κ2) is 8.59. The Kier molecular flexibility index (Phi) is 5.91. The van der Waals surface area contributed by atoms with E-state index in [2.05, 4.69) is 52.7 Å². The van der Waals surface area contributed by atoms with Crippen LogP contribution >= 0.6 is 23.7 Å². The number of benzene rings is 2. The molecule has 5 heteroatoms. The minimum Gasteiger partial charge on any atom is -0.493 e. The van der Waals surface area contributed by atoms with Crippen molar-refractivity contribution in [3.63, 3.8) is 0 Å². The zero-order chi connectivity index (χ0) is 18.9. The van der Waals surface area contributed by atoms with Crippen molar-refractivity contribution in [3.05, 3.63) is 76.7 Å². The van der Waals surface area contributed by atoms with Gasteiger partial charge in [-0.15, -0.1) is 23.7 Å². The van der Waals surface area contributed by atoms with Crippen LogP contribution in [0.1, 0.15) is 22.6 Å². The molecule has 0 aliphatic carbocycles. The fourth-order valence-corrected chi connectivity index (χ4v) is 5.20. The zero-order valence-electron chi connectivity index (χ0n) is 16.1. The first-order valence-electron chi connectivity index (χ1n) is 9.82. The van der Waals surface area contributed by atoms with Gasteiger partial charge in [-0.2, -0.15) is 5.26 Å². The van der Waals surface area contributed by atoms with Crippen LogP contribution in [-0.4, -0.2) is 31.1 Å². The van der Waals surface area contributed by atoms with Gasteiger partial charge in [0.05, 0.1) is 18.2 Å². The fraction of sp³-hybridized carbons (Fsp3) is 0.292. The molecule has 0 saturated carbocycles. The molecule has 3 aromatic rings. The van der Waals surface area contributed by atoms with E-state index in [1.54, 1.807) is 11.3 Å². The van der Waals surface area contributed by atoms with Crippen LogP contribution < -0.4 is 4.74 Å². The molecule has 2 aromatic carbocycles. The van der Waals surface area contributed by atoms with Gasteiger partial charge in [-0.3, -0.25) is 0 Å². The molecule has 148 valence electrons. The third-order valence-electron chi connectivity index (χ3n) is 5.98. The van der Waals surface area contributed by atoms with Gasteiger partial charge in [-0.25, -0.2) is 0 Å². The van der Waals surface area contributed by atoms with Crippen LogP contribution in [0.2, 0.25) is 0 Å². The van der Waals surface area contributed by atoms with Gasteiger partial charge >= 0.3 is 0 Å². The van der Waals surface area contributed by atoms with E-state index in [-0.39, 0.29) is 12.4 Å². The van der Waals surface area contributed by atoms with Crippen LogP contribution in [0.4, 0.5) is 0 Å². The molecule has 0 N–H and O–H groups in total. The molecule has 5 rings (SSSR count). The summed E-state index contributed by atoms with van der Waals surface area (Å²) in [5, 5.41) is 11.3. The van der Waals surface area contributed by atoms with Gasteiger partial charge < -0.3 is 9.64 Å². The molecule has 1 saturated heterocycles. The summed E-state index contributed by atoms with van der Waals surface area (Å²) in [7, 11) is 0. The molecule has 3 heterocycles. The molecule has 0 amide bonds. The van der Waals surface area contributed by atoms with E-state index in [9.17, 15) is 5.26 Å². The number of nitrogens with zero attached hydrogens (tertiary/aromatic N) is 2. The van der Waals surface area contributed by atoms with Gasteiger partial charge in [0, 0.05) is 41.9 Å². The van der Waals surface area contributed by atoms with Crippen LogP contribution in [0.3, 0.4) is 0 Å². The summed E-state index contributed by atoms with van der Waals surface area (Å²) in [5.74, 6) is 1.98. The molecule has 0 bridgehead atoms. The van der Waals surface area contributed by atoms with Crippen LogP contribution in [-0.2, 0) is 6.42 Å². The number of nitriles is 1. The third kappa shape index (κ3) is 4.04. The van der Waals surface area contributed by atoms with E-state index in [0.29, 0.717) is 11.8 Å². The Bertz CT molecular complexity index is 1010. The minimum absolute atomic E-state index is 0. The van der Waals surface area contributed by atoms with Gasteiger partial charge in [0.15, 0.2) is 0 Å². The van der Waals surface area contributed by atoms with Crippen molar-refractivity contribution in [3.8, 4) is 22.3 Å². The Morgan fingerprint density at radius 2 is 1.97 bits per heavy atom. The van der Waals surface area contributed by atoms with Gasteiger partial charge in [-0.05, 0) is 47.2 Å². The van der Waals surface area contributed by atoms with Crippen molar-refractivity contribution >= 4 is 23.7 Å². The lowest BCUT2D eigenvalue weighted by molar-refractivity contribution is 0.213. The van der Waals surface area contributed by atoms with Gasteiger partial charge in [0.25, 0.3) is 0 Å². The number of hydrogen-bond donors (Lipinski definition) is 0. The number of likely N-dealkylation sites (tertiary alicyclic amines) is 1. The Labute approximate surface area is 182 Å². The first-order chi connectivity index (χ1) is 13.8. The highest BCUT2D eigenvalue weighted by atomic mass is 35.5. The summed E-state index contributed by atoms with van der Waals surface area (Å²) >= 11 is 1.78. The van der Waals surface area contributed by atoms with Crippen LogP contribution in [0.15, 0.2) is 60.0 Å². The molecule has 29 heavy (non-hydrogen) atoms. The summed E-state index contributed by atoms with van der Waals surface area (Å²) in [4.78, 5) is 3.88. The first kappa shape index (κ1) is 20.0. The number of thiophene rings is 1. The highest BCUT2D eigenvalue weighted by molar-refractivity contribution is 7.13. The van der Waals surface area contributed by atoms with Gasteiger partial charge in [-0.1, -0.05) is 30.3 Å². The Morgan fingerprint density at radius 1 is 1.10 bits per heavy atom. The van der Waals surface area contributed by atoms with Crippen LogP contribution in [0.5, 0.6) is 5.75 Å². The van der Waals surface area contributed by atoms with E-state index < -0.39 is 0 Å². The Morgan fingerprint density at radius 3 is 2.72 bits per heavy atom. The average molecular weight is 423 g/mol. The summed E-state index contributed by atoms with van der Waals surface area (Å²) in [6, 6.07) is 21.4. The molecule has 2 aliphatic rings. The van der Waals surface area contributed by atoms with Crippen molar-refractivity contribution in [1.82, 2.24) is 4.90 Å². The highest BCUT2D eigenvalue weighted by Gasteiger charge is 2.38. The van der Waals surface area contributed by atoms with E-state index in [1.165, 1.54) is 21.6 Å². The van der Waals surface area contributed by atoms with Crippen molar-refractivity contribution in [2.45, 2.75) is 12.3 Å². The first-order valence-corrected chi connectivity index (χ1v) is 10.7. The molecule has 3 nitrogen and oxygen atoms in total. The number of rotatable bonds is 4. The lowest BCUT2D eigenvalue weighted by Crippen LogP contribution is -2.25. The summed E-state index contributed by atoms with van der Waals surface area (Å²) in [6.45, 7) is 3.99. The molecule has 1 aromatic heterocycles. The zero-order valence-corrected chi connectivity index (χ0v) is 17.7. The standard InChI is InChI=1S/C24H22N2OS.ClH/c25-13-18-5-8-23-21(12-18)22-15-26(14-20(22)16-27-23)10-9-17-3-6-19(7-4-17)24-2-1-11-28-24;/h1-8,11-12,20,22H,9-10,14-16H2;1H. The summed E-state index contributed by atoms with van der Waals surface area (Å²) in [5.41, 5.74) is 4.64. The second-order valence-corrected chi connectivity index (χ2v) is 8.67. The van der Waals surface area contributed by atoms with Crippen molar-refractivity contribution in [2.24, 2.45) is 5.92 Å². The highest BCUT2D eigenvalue weighted by Crippen LogP contribution is 2.42. The van der Waals surface area contributed by atoms with Crippen molar-refractivity contribution in [2.75, 3.05) is 26.2 Å². The molecular weight excluding hydrogens is 400 g/mol. The van der Waals surface area contributed by atoms with Crippen LogP contribution in [0.25, 0.3) is 10.4 Å². The van der Waals surface area contributed by atoms with Gasteiger partial charge in [0.1, 0.15) is 5.75 Å². The van der Waals surface area contributed by atoms with Crippen LogP contribution in [0, 0.1) is 17.2 Å². The number of hydrogen-bond acceptors (Lipinski definition) is 4. The molecule has 0 spiro atoms. The molecule has 2 atom stereocenters. The Hall–Kier alpha value is -2.32. The van der Waals surface area contributed by atoms with E-state index in [4.69, 9.17) is 4.74 Å². The average Bonchev–Trinajstić information content (AvgIpc) is 3.42. The Balaban J connectivity index is 0.00000205. The maximum atomic E-state index is 9.22. The molecule has 0 radical (unpaired) electrons. The lowest BCUT2D eigenvalue weighted by Gasteiger charge is -2.27. The smallest absolute Gasteiger partial charge is 0.122 e. The predicted octanol–water partition coefficient (Wildman–Crippen LogP) is 5.36. The van der Waals surface area contributed by atoms with E-state index in [0.717, 1.165) is 44.0 Å². The monoisotopic (exact) mass is 422 g/mol. The topological polar surface area (TPSA) is 36.3 Å². The largest absolute Gasteiger partial charge is 0.493 e. The van der Waals surface area contributed by atoms with Crippen molar-refractivity contribution < 1.29 is 4.74 Å². The maximum absolute atomic E-state index is 9.22. The number of fused-ring (bicyclic) bond motifs is 3. The molecule has 2 aliphatic heterocycles. The third-order valence-corrected chi connectivity index (χ3v) is 6.90. The normalized spacial score (nSPS) is 20.1. The SMILES string of the molecule is Cl.N#Cc1ccc2c(c1)C1CN(CCc3ccc(-c4cccs4)cc3)CC1CO2. The second-order valence-electron chi connectivity index (χ2n) is 7.73. The quantitative estimate of drug-likeness (QED) is 0.567. The fourth-order valence-electron chi connectivity index (χ4n) is 4.47. The minimum atomic E-state index is 0. The summed E-state index contributed by atoms with van der Waals surface area (Å²) in [6.07, 6.45) is 1.07. The predicted molar refractivity (Wildman–Crippen MR) is 120 cm³/mol. The summed E-state index contributed by atoms with van der Waals surface area (Å²) < 4.78 is 5.96. The molecule has 1 fully saturated rings. The van der Waals surface area contributed by atoms with Gasteiger partial charge in [0.2, 0.25) is 0 Å². The number of ether oxygens (including phenoxy) is 1.